The second-order valence-electron chi connectivity index (χ2n) is 3.23. The summed E-state index contributed by atoms with van der Waals surface area (Å²) in [5.41, 5.74) is 8.67. The molecular formula is C11H10BrN3. The van der Waals surface area contributed by atoms with Crippen molar-refractivity contribution >= 4 is 21.7 Å². The van der Waals surface area contributed by atoms with Crippen LogP contribution in [0, 0.1) is 6.92 Å². The number of aromatic nitrogens is 2. The predicted octanol–water partition coefficient (Wildman–Crippen LogP) is 2.80. The number of benzene rings is 1. The molecule has 4 heteroatoms. The van der Waals surface area contributed by atoms with Crippen molar-refractivity contribution in [2.75, 3.05) is 5.73 Å². The van der Waals surface area contributed by atoms with Crippen LogP contribution < -0.4 is 5.73 Å². The third-order valence-electron chi connectivity index (χ3n) is 2.20. The molecule has 3 nitrogen and oxygen atoms in total. The summed E-state index contributed by atoms with van der Waals surface area (Å²) in [4.78, 5) is 8.13. The maximum Gasteiger partial charge on any atom is 0.134 e. The van der Waals surface area contributed by atoms with E-state index in [0.29, 0.717) is 5.82 Å². The van der Waals surface area contributed by atoms with Crippen molar-refractivity contribution in [3.05, 3.63) is 40.8 Å². The summed E-state index contributed by atoms with van der Waals surface area (Å²) < 4.78 is 1.04. The van der Waals surface area contributed by atoms with Crippen molar-refractivity contribution in [1.82, 2.24) is 9.97 Å². The van der Waals surface area contributed by atoms with Crippen molar-refractivity contribution in [2.45, 2.75) is 6.92 Å². The first-order valence-electron chi connectivity index (χ1n) is 4.51. The quantitative estimate of drug-likeness (QED) is 0.861. The smallest absolute Gasteiger partial charge is 0.134 e. The summed E-state index contributed by atoms with van der Waals surface area (Å²) in [5, 5.41) is 0. The Hall–Kier alpha value is -1.42. The molecular weight excluding hydrogens is 254 g/mol. The summed E-state index contributed by atoms with van der Waals surface area (Å²) >= 11 is 3.39. The first kappa shape index (κ1) is 10.1. The monoisotopic (exact) mass is 263 g/mol. The van der Waals surface area contributed by atoms with E-state index in [1.807, 2.05) is 31.2 Å². The molecule has 0 radical (unpaired) electrons. The Bertz CT molecular complexity index is 459. The number of aryl methyl sites for hydroxylation is 1. The summed E-state index contributed by atoms with van der Waals surface area (Å²) in [5.74, 6) is 0.518. The molecule has 0 amide bonds. The molecule has 0 saturated carbocycles. The van der Waals surface area contributed by atoms with Gasteiger partial charge in [-0.3, -0.25) is 0 Å². The van der Waals surface area contributed by atoms with Gasteiger partial charge in [0.15, 0.2) is 0 Å². The molecule has 1 aromatic heterocycles. The molecule has 15 heavy (non-hydrogen) atoms. The number of nitrogens with zero attached hydrogens (tertiary/aromatic N) is 2. The molecule has 0 spiro atoms. The fraction of sp³-hybridized carbons (Fsp3) is 0.0909. The van der Waals surface area contributed by atoms with Crippen LogP contribution in [0.15, 0.2) is 35.1 Å². The standard InChI is InChI=1S/C11H10BrN3/c1-7-10(11(13)15-6-14-7)8-2-4-9(12)5-3-8/h2-6H,1H3,(H2,13,14,15). The fourth-order valence-electron chi connectivity index (χ4n) is 1.47. The lowest BCUT2D eigenvalue weighted by atomic mass is 10.1. The van der Waals surface area contributed by atoms with Crippen LogP contribution in [-0.4, -0.2) is 9.97 Å². The highest BCUT2D eigenvalue weighted by Crippen LogP contribution is 2.27. The third kappa shape index (κ3) is 1.99. The number of hydrogen-bond acceptors (Lipinski definition) is 3. The molecule has 1 aromatic carbocycles. The van der Waals surface area contributed by atoms with Gasteiger partial charge in [0.1, 0.15) is 12.1 Å². The van der Waals surface area contributed by atoms with E-state index in [1.165, 1.54) is 6.33 Å². The molecule has 0 atom stereocenters. The normalized spacial score (nSPS) is 10.3. The molecule has 0 bridgehead atoms. The molecule has 0 saturated heterocycles. The van der Waals surface area contributed by atoms with Crippen molar-refractivity contribution in [1.29, 1.82) is 0 Å². The van der Waals surface area contributed by atoms with E-state index < -0.39 is 0 Å². The lowest BCUT2D eigenvalue weighted by Crippen LogP contribution is -1.98. The van der Waals surface area contributed by atoms with Gasteiger partial charge in [-0.05, 0) is 24.6 Å². The van der Waals surface area contributed by atoms with Crippen LogP contribution in [0.25, 0.3) is 11.1 Å². The maximum atomic E-state index is 5.83. The van der Waals surface area contributed by atoms with Gasteiger partial charge in [0.05, 0.1) is 5.69 Å². The largest absolute Gasteiger partial charge is 0.383 e. The van der Waals surface area contributed by atoms with E-state index in [0.717, 1.165) is 21.3 Å². The number of nitrogen functional groups attached to an aromatic ring is 1. The highest BCUT2D eigenvalue weighted by Gasteiger charge is 2.07. The minimum absolute atomic E-state index is 0.518. The Morgan fingerprint density at radius 3 is 2.40 bits per heavy atom. The van der Waals surface area contributed by atoms with E-state index in [9.17, 15) is 0 Å². The molecule has 0 fully saturated rings. The molecule has 0 unspecified atom stereocenters. The van der Waals surface area contributed by atoms with Gasteiger partial charge >= 0.3 is 0 Å². The van der Waals surface area contributed by atoms with Gasteiger partial charge in [-0.2, -0.15) is 0 Å². The first-order chi connectivity index (χ1) is 7.18. The molecule has 0 aliphatic carbocycles. The van der Waals surface area contributed by atoms with Crippen LogP contribution in [0.2, 0.25) is 0 Å². The zero-order chi connectivity index (χ0) is 10.8. The first-order valence-corrected chi connectivity index (χ1v) is 5.31. The van der Waals surface area contributed by atoms with E-state index >= 15 is 0 Å². The number of nitrogens with two attached hydrogens (primary N) is 1. The average molecular weight is 264 g/mol. The van der Waals surface area contributed by atoms with Gasteiger partial charge in [-0.25, -0.2) is 9.97 Å². The molecule has 2 N–H and O–H groups in total. The molecule has 76 valence electrons. The van der Waals surface area contributed by atoms with Crippen LogP contribution in [0.3, 0.4) is 0 Å². The molecule has 0 aliphatic heterocycles. The zero-order valence-electron chi connectivity index (χ0n) is 8.24. The Labute approximate surface area is 96.5 Å². The van der Waals surface area contributed by atoms with Crippen molar-refractivity contribution in [2.24, 2.45) is 0 Å². The lowest BCUT2D eigenvalue weighted by molar-refractivity contribution is 1.11. The minimum atomic E-state index is 0.518. The van der Waals surface area contributed by atoms with Crippen LogP contribution in [0.5, 0.6) is 0 Å². The van der Waals surface area contributed by atoms with E-state index in [-0.39, 0.29) is 0 Å². The van der Waals surface area contributed by atoms with Gasteiger partial charge in [-0.1, -0.05) is 28.1 Å². The summed E-state index contributed by atoms with van der Waals surface area (Å²) in [7, 11) is 0. The number of hydrogen-bond donors (Lipinski definition) is 1. The third-order valence-corrected chi connectivity index (χ3v) is 2.73. The maximum absolute atomic E-state index is 5.83. The Kier molecular flexibility index (Phi) is 2.68. The topological polar surface area (TPSA) is 51.8 Å². The highest BCUT2D eigenvalue weighted by atomic mass is 79.9. The van der Waals surface area contributed by atoms with Gasteiger partial charge < -0.3 is 5.73 Å². The molecule has 2 rings (SSSR count). The van der Waals surface area contributed by atoms with Gasteiger partial charge in [-0.15, -0.1) is 0 Å². The SMILES string of the molecule is Cc1ncnc(N)c1-c1ccc(Br)cc1. The van der Waals surface area contributed by atoms with Crippen molar-refractivity contribution in [3.63, 3.8) is 0 Å². The van der Waals surface area contributed by atoms with Crippen molar-refractivity contribution in [3.8, 4) is 11.1 Å². The summed E-state index contributed by atoms with van der Waals surface area (Å²) in [6.45, 7) is 1.93. The van der Waals surface area contributed by atoms with E-state index in [2.05, 4.69) is 25.9 Å². The van der Waals surface area contributed by atoms with Crippen LogP contribution >= 0.6 is 15.9 Å². The van der Waals surface area contributed by atoms with Crippen molar-refractivity contribution < 1.29 is 0 Å². The van der Waals surface area contributed by atoms with Crippen LogP contribution in [-0.2, 0) is 0 Å². The number of rotatable bonds is 1. The van der Waals surface area contributed by atoms with Crippen LogP contribution in [0.4, 0.5) is 5.82 Å². The van der Waals surface area contributed by atoms with E-state index in [1.54, 1.807) is 0 Å². The molecule has 0 aliphatic rings. The second-order valence-corrected chi connectivity index (χ2v) is 4.14. The molecule has 2 aromatic rings. The highest BCUT2D eigenvalue weighted by molar-refractivity contribution is 9.10. The predicted molar refractivity (Wildman–Crippen MR) is 64.3 cm³/mol. The second kappa shape index (κ2) is 3.98. The Morgan fingerprint density at radius 1 is 1.13 bits per heavy atom. The van der Waals surface area contributed by atoms with Crippen LogP contribution in [0.1, 0.15) is 5.69 Å². The lowest BCUT2D eigenvalue weighted by Gasteiger charge is -2.07. The van der Waals surface area contributed by atoms with E-state index in [4.69, 9.17) is 5.73 Å². The average Bonchev–Trinajstić information content (AvgIpc) is 2.20. The number of halogens is 1. The number of anilines is 1. The van der Waals surface area contributed by atoms with Gasteiger partial charge in [0.25, 0.3) is 0 Å². The zero-order valence-corrected chi connectivity index (χ0v) is 9.82. The fourth-order valence-corrected chi connectivity index (χ4v) is 1.73. The van der Waals surface area contributed by atoms with Gasteiger partial charge in [0.2, 0.25) is 0 Å². The van der Waals surface area contributed by atoms with Gasteiger partial charge in [0, 0.05) is 10.0 Å². The summed E-state index contributed by atoms with van der Waals surface area (Å²) in [6.07, 6.45) is 1.48. The Balaban J connectivity index is 2.58. The Morgan fingerprint density at radius 2 is 1.80 bits per heavy atom. The minimum Gasteiger partial charge on any atom is -0.383 e. The summed E-state index contributed by atoms with van der Waals surface area (Å²) in [6, 6.07) is 7.93. The molecule has 1 heterocycles.